The number of nitrogens with one attached hydrogen (secondary N) is 9. The van der Waals surface area contributed by atoms with Gasteiger partial charge in [0.15, 0.2) is 11.7 Å². The van der Waals surface area contributed by atoms with Gasteiger partial charge in [0.05, 0.1) is 12.5 Å². The molecule has 1 aliphatic carbocycles. The Labute approximate surface area is 374 Å². The maximum Gasteiger partial charge on any atom is 0.325 e. The zero-order valence-electron chi connectivity index (χ0n) is 36.1. The predicted octanol–water partition coefficient (Wildman–Crippen LogP) is 1.04. The number of fused-ring (bicyclic) bond motifs is 5. The number of aromatic nitrogens is 1. The number of para-hydroxylation sites is 1. The van der Waals surface area contributed by atoms with Crippen molar-refractivity contribution in [3.63, 3.8) is 0 Å². The van der Waals surface area contributed by atoms with Gasteiger partial charge < -0.3 is 47.9 Å². The highest BCUT2D eigenvalue weighted by molar-refractivity contribution is 6.11. The average Bonchev–Trinajstić information content (AvgIpc) is 3.89. The lowest BCUT2D eigenvalue weighted by Gasteiger charge is -2.29. The number of urea groups is 1. The highest BCUT2D eigenvalue weighted by atomic mass is 16.2. The number of hydrogen-bond donors (Lipinski definition) is 10. The normalized spacial score (nSPS) is 23.5. The number of ketones is 1. The van der Waals surface area contributed by atoms with Gasteiger partial charge in [0.1, 0.15) is 29.7 Å². The summed E-state index contributed by atoms with van der Waals surface area (Å²) in [5.74, 6) is -4.75. The molecule has 0 unspecified atom stereocenters. The van der Waals surface area contributed by atoms with Crippen LogP contribution in [0.1, 0.15) is 69.4 Å². The molecule has 8 amide bonds. The van der Waals surface area contributed by atoms with Gasteiger partial charge in [-0.25, -0.2) is 9.69 Å². The molecule has 1 aromatic heterocycles. The molecule has 342 valence electrons. The van der Waals surface area contributed by atoms with Crippen LogP contribution in [0.15, 0.2) is 72.9 Å². The zero-order valence-corrected chi connectivity index (χ0v) is 36.1. The topological polar surface area (TPSA) is 290 Å². The maximum atomic E-state index is 14.6. The molecule has 1 spiro atoms. The van der Waals surface area contributed by atoms with Gasteiger partial charge in [0, 0.05) is 43.0 Å². The van der Waals surface area contributed by atoms with E-state index in [2.05, 4.69) is 42.2 Å². The Hall–Kier alpha value is -7.31. The van der Waals surface area contributed by atoms with E-state index >= 15 is 0 Å². The van der Waals surface area contributed by atoms with Gasteiger partial charge in [-0.05, 0) is 79.8 Å². The molecular weight excluding hydrogens is 835 g/mol. The predicted molar refractivity (Wildman–Crippen MR) is 240 cm³/mol. The van der Waals surface area contributed by atoms with Gasteiger partial charge in [0.25, 0.3) is 5.91 Å². The van der Waals surface area contributed by atoms with Crippen molar-refractivity contribution >= 4 is 74.9 Å². The monoisotopic (exact) mass is 889 g/mol. The van der Waals surface area contributed by atoms with E-state index in [4.69, 9.17) is 11.1 Å². The lowest BCUT2D eigenvalue weighted by Crippen LogP contribution is -2.60. The standard InChI is InChI=1S/C46H55N11O8/c1-26(58)32-12-6-7-19-49-38(59)24-37-42(63)57(45(65)56-37)46(17-18-46)43(64)55-35(22-27-15-16-28-9-2-3-10-29(28)21-27)40(61)53-34(14-8-20-50-44(47)48)39(60)54-36(41(62)52-32)23-30-25-51-33-13-5-4-11-31(30)33/h2-5,9-11,13,15-16,21,25,32,34-37,51H,6-8,12,14,17-20,22-24H2,1H3,(H,49,59)(H,52,62)(H,53,61)(H,54,60)(H,55,64)(H,56,65)(H4,47,48,50)/t32-,34-,35+,36-,37-/m0/s1. The summed E-state index contributed by atoms with van der Waals surface area (Å²) >= 11 is 0. The Morgan fingerprint density at radius 2 is 1.51 bits per heavy atom. The quantitative estimate of drug-likeness (QED) is 0.0493. The summed E-state index contributed by atoms with van der Waals surface area (Å²) in [6, 6.07) is 13.8. The van der Waals surface area contributed by atoms with Gasteiger partial charge in [0.2, 0.25) is 29.5 Å². The van der Waals surface area contributed by atoms with Crippen LogP contribution in [0, 0.1) is 5.41 Å². The van der Waals surface area contributed by atoms with Gasteiger partial charge >= 0.3 is 6.03 Å². The van der Waals surface area contributed by atoms with Crippen molar-refractivity contribution in [2.75, 3.05) is 13.1 Å². The first-order valence-corrected chi connectivity index (χ1v) is 22.0. The third-order valence-electron chi connectivity index (χ3n) is 12.3. The SMILES string of the molecule is CC(=O)[C@@H]1CCCCNC(=O)C[C@@H]2NC(=O)N(C2=O)C2(CC2)C(=O)N[C@H](Cc2ccc3ccccc3c2)C(=O)N[C@@H](CCCNC(=N)N)C(=O)N[C@@H](Cc2c[nH]c3ccccc23)C(=O)N1. The number of benzene rings is 3. The Kier molecular flexibility index (Phi) is 14.1. The van der Waals surface area contributed by atoms with Crippen LogP contribution in [0.4, 0.5) is 4.79 Å². The summed E-state index contributed by atoms with van der Waals surface area (Å²) in [6.07, 6.45) is 2.86. The van der Waals surface area contributed by atoms with Crippen LogP contribution < -0.4 is 43.0 Å². The largest absolute Gasteiger partial charge is 0.370 e. The van der Waals surface area contributed by atoms with E-state index in [1.54, 1.807) is 6.20 Å². The number of imide groups is 1. The van der Waals surface area contributed by atoms with Crippen molar-refractivity contribution in [2.24, 2.45) is 5.73 Å². The summed E-state index contributed by atoms with van der Waals surface area (Å²) < 4.78 is 0. The van der Waals surface area contributed by atoms with Crippen LogP contribution >= 0.6 is 0 Å². The fourth-order valence-corrected chi connectivity index (χ4v) is 8.53. The van der Waals surface area contributed by atoms with Crippen molar-refractivity contribution in [1.82, 2.24) is 47.1 Å². The first-order chi connectivity index (χ1) is 31.2. The molecule has 2 bridgehead atoms. The minimum absolute atomic E-state index is 0.00647. The molecule has 2 saturated heterocycles. The summed E-state index contributed by atoms with van der Waals surface area (Å²) in [5.41, 5.74) is 6.08. The van der Waals surface area contributed by atoms with Crippen LogP contribution in [-0.2, 0) is 46.4 Å². The maximum absolute atomic E-state index is 14.6. The van der Waals surface area contributed by atoms with E-state index < -0.39 is 77.2 Å². The molecule has 5 atom stereocenters. The second-order valence-corrected chi connectivity index (χ2v) is 17.0. The third-order valence-corrected chi connectivity index (χ3v) is 12.3. The molecule has 2 aliphatic heterocycles. The van der Waals surface area contributed by atoms with Gasteiger partial charge in [-0.1, -0.05) is 60.7 Å². The number of amides is 8. The van der Waals surface area contributed by atoms with E-state index in [1.165, 1.54) is 6.92 Å². The minimum atomic E-state index is -1.62. The van der Waals surface area contributed by atoms with Crippen LogP contribution in [0.2, 0.25) is 0 Å². The Balaban J connectivity index is 1.23. The first kappa shape index (κ1) is 45.7. The number of rotatable bonds is 9. The van der Waals surface area contributed by atoms with E-state index in [0.717, 1.165) is 26.6 Å². The molecule has 4 aromatic rings. The fraction of sp³-hybridized carbons (Fsp3) is 0.413. The van der Waals surface area contributed by atoms with Gasteiger partial charge in [-0.3, -0.25) is 39.0 Å². The molecule has 7 rings (SSSR count). The molecule has 1 saturated carbocycles. The van der Waals surface area contributed by atoms with Crippen LogP contribution in [0.3, 0.4) is 0 Å². The molecule has 0 radical (unpaired) electrons. The molecule has 11 N–H and O–H groups in total. The Bertz CT molecular complexity index is 2520. The Morgan fingerprint density at radius 3 is 2.26 bits per heavy atom. The third kappa shape index (κ3) is 10.9. The van der Waals surface area contributed by atoms with Gasteiger partial charge in [-0.15, -0.1) is 0 Å². The summed E-state index contributed by atoms with van der Waals surface area (Å²) in [5, 5.41) is 29.5. The lowest BCUT2D eigenvalue weighted by molar-refractivity contribution is -0.139. The molecule has 65 heavy (non-hydrogen) atoms. The molecule has 19 nitrogen and oxygen atoms in total. The van der Waals surface area contributed by atoms with Crippen LogP contribution in [0.25, 0.3) is 21.7 Å². The highest BCUT2D eigenvalue weighted by Crippen LogP contribution is 2.44. The molecule has 3 fully saturated rings. The van der Waals surface area contributed by atoms with E-state index in [1.807, 2.05) is 66.7 Å². The highest BCUT2D eigenvalue weighted by Gasteiger charge is 2.62. The van der Waals surface area contributed by atoms with Crippen molar-refractivity contribution in [3.05, 3.63) is 84.1 Å². The average molecular weight is 890 g/mol. The second-order valence-electron chi connectivity index (χ2n) is 17.0. The molecule has 3 aromatic carbocycles. The number of guanidine groups is 1. The summed E-state index contributed by atoms with van der Waals surface area (Å²) in [6.45, 7) is 1.70. The number of carbonyl (C=O) groups is 8. The van der Waals surface area contributed by atoms with Gasteiger partial charge in [-0.2, -0.15) is 0 Å². The number of aromatic amines is 1. The molecule has 3 heterocycles. The van der Waals surface area contributed by atoms with E-state index in [-0.39, 0.29) is 76.2 Å². The second kappa shape index (κ2) is 20.0. The molecule has 3 aliphatic rings. The van der Waals surface area contributed by atoms with E-state index in [0.29, 0.717) is 24.0 Å². The van der Waals surface area contributed by atoms with Crippen LogP contribution in [0.5, 0.6) is 0 Å². The number of H-pyrrole nitrogens is 1. The van der Waals surface area contributed by atoms with Crippen molar-refractivity contribution in [2.45, 2.75) is 107 Å². The molecule has 19 heteroatoms. The number of Topliss-reactive ketones (excluding diaryl/α,β-unsaturated/α-hetero) is 1. The lowest BCUT2D eigenvalue weighted by atomic mass is 9.99. The number of nitrogens with zero attached hydrogens (tertiary/aromatic N) is 1. The van der Waals surface area contributed by atoms with E-state index in [9.17, 15) is 38.4 Å². The van der Waals surface area contributed by atoms with Crippen molar-refractivity contribution < 1.29 is 38.4 Å². The van der Waals surface area contributed by atoms with Crippen LogP contribution in [-0.4, -0.2) is 112 Å². The summed E-state index contributed by atoms with van der Waals surface area (Å²) in [4.78, 5) is 115. The van der Waals surface area contributed by atoms with Crippen molar-refractivity contribution in [1.29, 1.82) is 5.41 Å². The molecular formula is C46H55N11O8. The first-order valence-electron chi connectivity index (χ1n) is 22.0. The number of hydrogen-bond acceptors (Lipinski definition) is 9. The summed E-state index contributed by atoms with van der Waals surface area (Å²) in [7, 11) is 0. The fourth-order valence-electron chi connectivity index (χ4n) is 8.53. The zero-order chi connectivity index (χ0) is 46.3. The van der Waals surface area contributed by atoms with Crippen molar-refractivity contribution in [3.8, 4) is 0 Å². The Morgan fingerprint density at radius 1 is 0.815 bits per heavy atom. The number of nitrogens with two attached hydrogens (primary N) is 1. The smallest absolute Gasteiger partial charge is 0.325 e. The minimum Gasteiger partial charge on any atom is -0.370 e. The number of carbonyl (C=O) groups excluding carboxylic acids is 8.